The number of pyridine rings is 1. The number of carboxylic acids is 1. The zero-order valence-corrected chi connectivity index (χ0v) is 13.6. The highest BCUT2D eigenvalue weighted by molar-refractivity contribution is 9.11. The van der Waals surface area contributed by atoms with Crippen molar-refractivity contribution in [3.63, 3.8) is 0 Å². The molecule has 0 spiro atoms. The van der Waals surface area contributed by atoms with E-state index in [9.17, 15) is 9.90 Å². The predicted molar refractivity (Wildman–Crippen MR) is 85.9 cm³/mol. The Morgan fingerprint density at radius 2 is 1.95 bits per heavy atom. The number of carbonyl (C=O) groups is 1. The lowest BCUT2D eigenvalue weighted by Crippen LogP contribution is -1.99. The predicted octanol–water partition coefficient (Wildman–Crippen LogP) is 3.46. The van der Waals surface area contributed by atoms with Gasteiger partial charge in [0.05, 0.1) is 20.7 Å². The van der Waals surface area contributed by atoms with Crippen molar-refractivity contribution in [1.82, 2.24) is 4.98 Å². The van der Waals surface area contributed by atoms with Crippen LogP contribution < -0.4 is 5.43 Å². The van der Waals surface area contributed by atoms with Crippen LogP contribution in [0.4, 0.5) is 5.82 Å². The number of hydrogen-bond donors (Lipinski definition) is 3. The van der Waals surface area contributed by atoms with Crippen LogP contribution in [0.25, 0.3) is 0 Å². The van der Waals surface area contributed by atoms with E-state index < -0.39 is 5.97 Å². The molecule has 21 heavy (non-hydrogen) atoms. The van der Waals surface area contributed by atoms with Gasteiger partial charge in [-0.25, -0.2) is 9.78 Å². The van der Waals surface area contributed by atoms with Crippen LogP contribution in [0.1, 0.15) is 15.9 Å². The van der Waals surface area contributed by atoms with Crippen LogP contribution in [0.3, 0.4) is 0 Å². The molecule has 0 bridgehead atoms. The Bertz CT molecular complexity index is 679. The SMILES string of the molecule is O=C(O)c1ccc(N/N=C/c2cc(Br)c(O)c(Br)c2)nc1. The molecular formula is C13H9Br2N3O3. The molecule has 6 nitrogen and oxygen atoms in total. The summed E-state index contributed by atoms with van der Waals surface area (Å²) < 4.78 is 1.09. The smallest absolute Gasteiger partial charge is 0.337 e. The Balaban J connectivity index is 2.07. The molecule has 0 amide bonds. The van der Waals surface area contributed by atoms with E-state index in [1.165, 1.54) is 18.3 Å². The van der Waals surface area contributed by atoms with Crippen molar-refractivity contribution in [2.75, 3.05) is 5.43 Å². The molecule has 1 heterocycles. The third kappa shape index (κ3) is 4.02. The quantitative estimate of drug-likeness (QED) is 0.526. The van der Waals surface area contributed by atoms with Gasteiger partial charge < -0.3 is 10.2 Å². The number of halogens is 2. The molecule has 0 unspecified atom stereocenters. The van der Waals surface area contributed by atoms with Gasteiger partial charge in [-0.05, 0) is 61.7 Å². The van der Waals surface area contributed by atoms with Gasteiger partial charge in [-0.3, -0.25) is 5.43 Å². The number of phenols is 1. The minimum absolute atomic E-state index is 0.107. The monoisotopic (exact) mass is 413 g/mol. The minimum Gasteiger partial charge on any atom is -0.506 e. The lowest BCUT2D eigenvalue weighted by atomic mass is 10.2. The molecular weight excluding hydrogens is 406 g/mol. The molecule has 2 aromatic rings. The minimum atomic E-state index is -1.03. The summed E-state index contributed by atoms with van der Waals surface area (Å²) in [5, 5.41) is 22.3. The summed E-state index contributed by atoms with van der Waals surface area (Å²) >= 11 is 6.45. The van der Waals surface area contributed by atoms with Gasteiger partial charge in [0, 0.05) is 6.20 Å². The first-order valence-electron chi connectivity index (χ1n) is 5.64. The molecule has 0 fully saturated rings. The third-order valence-corrected chi connectivity index (χ3v) is 3.65. The van der Waals surface area contributed by atoms with E-state index >= 15 is 0 Å². The lowest BCUT2D eigenvalue weighted by molar-refractivity contribution is 0.0696. The Morgan fingerprint density at radius 1 is 1.29 bits per heavy atom. The second kappa shape index (κ2) is 6.68. The fourth-order valence-corrected chi connectivity index (χ4v) is 2.64. The maximum absolute atomic E-state index is 10.7. The van der Waals surface area contributed by atoms with Crippen molar-refractivity contribution < 1.29 is 15.0 Å². The van der Waals surface area contributed by atoms with Gasteiger partial charge in [0.1, 0.15) is 11.6 Å². The highest BCUT2D eigenvalue weighted by Crippen LogP contribution is 2.32. The highest BCUT2D eigenvalue weighted by Gasteiger charge is 2.05. The van der Waals surface area contributed by atoms with Crippen LogP contribution in [-0.2, 0) is 0 Å². The molecule has 0 aliphatic rings. The first-order valence-corrected chi connectivity index (χ1v) is 7.22. The summed E-state index contributed by atoms with van der Waals surface area (Å²) in [7, 11) is 0. The standard InChI is InChI=1S/C13H9Br2N3O3/c14-9-3-7(4-10(15)12(9)19)5-17-18-11-2-1-8(6-16-11)13(20)21/h1-6,19H,(H,16,18)(H,20,21)/b17-5+. The van der Waals surface area contributed by atoms with E-state index in [0.29, 0.717) is 14.8 Å². The van der Waals surface area contributed by atoms with Crippen LogP contribution in [0.5, 0.6) is 5.75 Å². The Labute approximate surface area is 136 Å². The van der Waals surface area contributed by atoms with Crippen molar-refractivity contribution >= 4 is 49.9 Å². The van der Waals surface area contributed by atoms with Gasteiger partial charge in [-0.15, -0.1) is 0 Å². The van der Waals surface area contributed by atoms with Gasteiger partial charge in [0.15, 0.2) is 0 Å². The fourth-order valence-electron chi connectivity index (χ4n) is 1.42. The second-order valence-corrected chi connectivity index (χ2v) is 5.65. The zero-order valence-electron chi connectivity index (χ0n) is 10.4. The van der Waals surface area contributed by atoms with Crippen LogP contribution in [0.2, 0.25) is 0 Å². The number of anilines is 1. The summed E-state index contributed by atoms with van der Waals surface area (Å²) in [4.78, 5) is 14.6. The van der Waals surface area contributed by atoms with Crippen molar-refractivity contribution in [3.8, 4) is 5.75 Å². The molecule has 3 N–H and O–H groups in total. The summed E-state index contributed by atoms with van der Waals surface area (Å²) in [6.07, 6.45) is 2.79. The summed E-state index contributed by atoms with van der Waals surface area (Å²) in [6, 6.07) is 6.35. The first kappa shape index (κ1) is 15.5. The van der Waals surface area contributed by atoms with Crippen molar-refractivity contribution in [1.29, 1.82) is 0 Å². The van der Waals surface area contributed by atoms with Gasteiger partial charge in [0.2, 0.25) is 0 Å². The number of nitrogens with zero attached hydrogens (tertiary/aromatic N) is 2. The van der Waals surface area contributed by atoms with Gasteiger partial charge in [-0.1, -0.05) is 0 Å². The highest BCUT2D eigenvalue weighted by atomic mass is 79.9. The molecule has 0 aliphatic heterocycles. The van der Waals surface area contributed by atoms with E-state index in [4.69, 9.17) is 5.11 Å². The first-order chi connectivity index (χ1) is 9.97. The number of phenolic OH excluding ortho intramolecular Hbond substituents is 1. The Hall–Kier alpha value is -1.93. The number of carboxylic acid groups (broad SMARTS) is 1. The average molecular weight is 415 g/mol. The largest absolute Gasteiger partial charge is 0.506 e. The summed E-state index contributed by atoms with van der Waals surface area (Å²) in [5.41, 5.74) is 3.54. The van der Waals surface area contributed by atoms with E-state index in [1.807, 2.05) is 0 Å². The number of hydrogen-bond acceptors (Lipinski definition) is 5. The van der Waals surface area contributed by atoms with Crippen LogP contribution in [0.15, 0.2) is 44.5 Å². The number of aromatic hydroxyl groups is 1. The molecule has 0 aliphatic carbocycles. The number of nitrogens with one attached hydrogen (secondary N) is 1. The average Bonchev–Trinajstić information content (AvgIpc) is 2.45. The van der Waals surface area contributed by atoms with E-state index in [1.54, 1.807) is 18.3 Å². The molecule has 0 saturated carbocycles. The zero-order chi connectivity index (χ0) is 15.4. The number of aromatic carboxylic acids is 1. The van der Waals surface area contributed by atoms with E-state index in [-0.39, 0.29) is 11.3 Å². The van der Waals surface area contributed by atoms with Crippen LogP contribution >= 0.6 is 31.9 Å². The summed E-state index contributed by atoms with van der Waals surface area (Å²) in [5.74, 6) is -0.490. The van der Waals surface area contributed by atoms with Crippen molar-refractivity contribution in [2.24, 2.45) is 5.10 Å². The van der Waals surface area contributed by atoms with Crippen molar-refractivity contribution in [3.05, 3.63) is 50.5 Å². The fraction of sp³-hybridized carbons (Fsp3) is 0. The van der Waals surface area contributed by atoms with E-state index in [0.717, 1.165) is 5.56 Å². The molecule has 0 radical (unpaired) electrons. The van der Waals surface area contributed by atoms with Gasteiger partial charge in [-0.2, -0.15) is 5.10 Å². The maximum Gasteiger partial charge on any atom is 0.337 e. The molecule has 1 aromatic heterocycles. The summed E-state index contributed by atoms with van der Waals surface area (Å²) in [6.45, 7) is 0. The van der Waals surface area contributed by atoms with Gasteiger partial charge >= 0.3 is 5.97 Å². The molecule has 1 aromatic carbocycles. The second-order valence-electron chi connectivity index (χ2n) is 3.94. The normalized spacial score (nSPS) is 10.8. The number of benzene rings is 1. The number of hydrazone groups is 1. The lowest BCUT2D eigenvalue weighted by Gasteiger charge is -2.02. The Morgan fingerprint density at radius 3 is 2.48 bits per heavy atom. The Kier molecular flexibility index (Phi) is 4.92. The number of rotatable bonds is 4. The molecule has 108 valence electrons. The van der Waals surface area contributed by atoms with Crippen LogP contribution in [-0.4, -0.2) is 27.4 Å². The maximum atomic E-state index is 10.7. The molecule has 0 atom stereocenters. The molecule has 8 heteroatoms. The van der Waals surface area contributed by atoms with E-state index in [2.05, 4.69) is 47.4 Å². The number of aromatic nitrogens is 1. The molecule has 0 saturated heterocycles. The topological polar surface area (TPSA) is 94.8 Å². The third-order valence-electron chi connectivity index (χ3n) is 2.44. The van der Waals surface area contributed by atoms with Crippen LogP contribution in [0, 0.1) is 0 Å². The van der Waals surface area contributed by atoms with Gasteiger partial charge in [0.25, 0.3) is 0 Å². The van der Waals surface area contributed by atoms with Crippen molar-refractivity contribution in [2.45, 2.75) is 0 Å². The molecule has 2 rings (SSSR count).